The lowest BCUT2D eigenvalue weighted by molar-refractivity contribution is 0.769. The normalized spacial score (nSPS) is 12.7. The second-order valence-corrected chi connectivity index (χ2v) is 11.4. The van der Waals surface area contributed by atoms with Crippen molar-refractivity contribution in [3.8, 4) is 33.4 Å². The minimum Gasteiger partial charge on any atom is -0.355 e. The van der Waals surface area contributed by atoms with E-state index < -0.39 is 5.41 Å². The third-order valence-corrected chi connectivity index (χ3v) is 8.97. The molecule has 208 valence electrons. The van der Waals surface area contributed by atoms with E-state index in [0.717, 1.165) is 11.4 Å². The Morgan fingerprint density at radius 3 is 1.52 bits per heavy atom. The molecule has 0 spiro atoms. The molecule has 0 atom stereocenters. The standard InChI is InChI=1S/C43H31N/c1-4-14-31(15-5-1)32-24-26-33(27-25-32)37-20-11-13-23-42(37)44-36-28-29-39-38-21-10-12-22-40(38)43(41(39)30-36,34-16-6-2-7-17-34)35-18-8-3-9-19-35/h1-30,44H. The van der Waals surface area contributed by atoms with Crippen LogP contribution in [0.2, 0.25) is 0 Å². The van der Waals surface area contributed by atoms with E-state index in [1.54, 1.807) is 0 Å². The molecule has 0 bridgehead atoms. The molecule has 1 aliphatic carbocycles. The number of nitrogens with one attached hydrogen (secondary N) is 1. The van der Waals surface area contributed by atoms with Gasteiger partial charge in [-0.15, -0.1) is 0 Å². The van der Waals surface area contributed by atoms with E-state index in [1.807, 2.05) is 0 Å². The number of hydrogen-bond acceptors (Lipinski definition) is 1. The Hall–Kier alpha value is -5.66. The number of para-hydroxylation sites is 1. The molecule has 0 unspecified atom stereocenters. The van der Waals surface area contributed by atoms with Crippen LogP contribution in [0, 0.1) is 0 Å². The monoisotopic (exact) mass is 561 g/mol. The van der Waals surface area contributed by atoms with Crippen molar-refractivity contribution < 1.29 is 0 Å². The summed E-state index contributed by atoms with van der Waals surface area (Å²) in [5, 5.41) is 3.81. The summed E-state index contributed by atoms with van der Waals surface area (Å²) in [7, 11) is 0. The average molecular weight is 562 g/mol. The summed E-state index contributed by atoms with van der Waals surface area (Å²) in [6.07, 6.45) is 0. The Kier molecular flexibility index (Phi) is 6.43. The van der Waals surface area contributed by atoms with Gasteiger partial charge in [-0.25, -0.2) is 0 Å². The maximum absolute atomic E-state index is 3.81. The minimum atomic E-state index is -0.418. The summed E-state index contributed by atoms with van der Waals surface area (Å²) in [5.74, 6) is 0. The first-order valence-electron chi connectivity index (χ1n) is 15.2. The summed E-state index contributed by atoms with van der Waals surface area (Å²) in [5.41, 5.74) is 14.3. The zero-order valence-electron chi connectivity index (χ0n) is 24.3. The maximum Gasteiger partial charge on any atom is 0.0714 e. The fourth-order valence-electron chi connectivity index (χ4n) is 6.99. The highest BCUT2D eigenvalue weighted by Crippen LogP contribution is 2.56. The lowest BCUT2D eigenvalue weighted by atomic mass is 9.67. The van der Waals surface area contributed by atoms with Crippen LogP contribution in [0.4, 0.5) is 11.4 Å². The number of rotatable bonds is 6. The number of fused-ring (bicyclic) bond motifs is 3. The molecule has 0 aromatic heterocycles. The molecule has 0 radical (unpaired) electrons. The van der Waals surface area contributed by atoms with E-state index in [9.17, 15) is 0 Å². The van der Waals surface area contributed by atoms with Crippen molar-refractivity contribution in [2.24, 2.45) is 0 Å². The minimum absolute atomic E-state index is 0.418. The molecule has 0 heterocycles. The van der Waals surface area contributed by atoms with E-state index in [2.05, 4.69) is 187 Å². The van der Waals surface area contributed by atoms with Gasteiger partial charge in [0.2, 0.25) is 0 Å². The van der Waals surface area contributed by atoms with Gasteiger partial charge >= 0.3 is 0 Å². The molecule has 0 fully saturated rings. The molecule has 1 nitrogen and oxygen atoms in total. The Morgan fingerprint density at radius 2 is 0.841 bits per heavy atom. The average Bonchev–Trinajstić information content (AvgIpc) is 3.40. The second-order valence-electron chi connectivity index (χ2n) is 11.4. The van der Waals surface area contributed by atoms with Crippen LogP contribution in [-0.2, 0) is 5.41 Å². The van der Waals surface area contributed by atoms with Gasteiger partial charge in [-0.3, -0.25) is 0 Å². The molecular weight excluding hydrogens is 530 g/mol. The van der Waals surface area contributed by atoms with Crippen LogP contribution in [0.5, 0.6) is 0 Å². The largest absolute Gasteiger partial charge is 0.355 e. The fraction of sp³-hybridized carbons (Fsp3) is 0.0233. The molecular formula is C43H31N. The smallest absolute Gasteiger partial charge is 0.0714 e. The molecule has 7 aromatic carbocycles. The topological polar surface area (TPSA) is 12.0 Å². The molecule has 0 amide bonds. The SMILES string of the molecule is c1ccc(-c2ccc(-c3ccccc3Nc3ccc4c(c3)C(c3ccccc3)(c3ccccc3)c3ccccc3-4)cc2)cc1. The van der Waals surface area contributed by atoms with Gasteiger partial charge in [0.15, 0.2) is 0 Å². The van der Waals surface area contributed by atoms with Crippen molar-refractivity contribution in [3.63, 3.8) is 0 Å². The quantitative estimate of drug-likeness (QED) is 0.213. The van der Waals surface area contributed by atoms with Crippen molar-refractivity contribution in [1.82, 2.24) is 0 Å². The van der Waals surface area contributed by atoms with Crippen LogP contribution in [0.3, 0.4) is 0 Å². The molecule has 0 aliphatic heterocycles. The lowest BCUT2D eigenvalue weighted by Gasteiger charge is -2.34. The Labute approximate surface area is 259 Å². The van der Waals surface area contributed by atoms with Gasteiger partial charge in [0, 0.05) is 16.9 Å². The Bertz CT molecular complexity index is 2020. The van der Waals surface area contributed by atoms with Crippen LogP contribution in [0.1, 0.15) is 22.3 Å². The van der Waals surface area contributed by atoms with Crippen LogP contribution in [0.25, 0.3) is 33.4 Å². The third kappa shape index (κ3) is 4.25. The number of hydrogen-bond donors (Lipinski definition) is 1. The highest BCUT2D eigenvalue weighted by molar-refractivity contribution is 5.89. The number of anilines is 2. The van der Waals surface area contributed by atoms with E-state index in [4.69, 9.17) is 0 Å². The van der Waals surface area contributed by atoms with Crippen LogP contribution < -0.4 is 5.32 Å². The van der Waals surface area contributed by atoms with Gasteiger partial charge in [0.05, 0.1) is 5.41 Å². The van der Waals surface area contributed by atoms with Crippen molar-refractivity contribution >= 4 is 11.4 Å². The zero-order valence-corrected chi connectivity index (χ0v) is 24.3. The van der Waals surface area contributed by atoms with Gasteiger partial charge in [-0.2, -0.15) is 0 Å². The van der Waals surface area contributed by atoms with Crippen molar-refractivity contribution in [1.29, 1.82) is 0 Å². The van der Waals surface area contributed by atoms with Gasteiger partial charge in [0.25, 0.3) is 0 Å². The summed E-state index contributed by atoms with van der Waals surface area (Å²) in [6, 6.07) is 65.7. The summed E-state index contributed by atoms with van der Waals surface area (Å²) in [6.45, 7) is 0. The van der Waals surface area contributed by atoms with Crippen LogP contribution in [0.15, 0.2) is 182 Å². The molecule has 0 saturated heterocycles. The zero-order chi connectivity index (χ0) is 29.3. The lowest BCUT2D eigenvalue weighted by Crippen LogP contribution is -2.28. The van der Waals surface area contributed by atoms with Gasteiger partial charge < -0.3 is 5.32 Å². The van der Waals surface area contributed by atoms with E-state index in [0.29, 0.717) is 0 Å². The van der Waals surface area contributed by atoms with Crippen molar-refractivity contribution in [2.45, 2.75) is 5.41 Å². The summed E-state index contributed by atoms with van der Waals surface area (Å²) < 4.78 is 0. The summed E-state index contributed by atoms with van der Waals surface area (Å²) in [4.78, 5) is 0. The third-order valence-electron chi connectivity index (χ3n) is 8.97. The predicted molar refractivity (Wildman–Crippen MR) is 184 cm³/mol. The molecule has 0 saturated carbocycles. The molecule has 8 rings (SSSR count). The highest BCUT2D eigenvalue weighted by Gasteiger charge is 2.46. The van der Waals surface area contributed by atoms with Crippen LogP contribution >= 0.6 is 0 Å². The van der Waals surface area contributed by atoms with E-state index in [-0.39, 0.29) is 0 Å². The Morgan fingerprint density at radius 1 is 0.341 bits per heavy atom. The van der Waals surface area contributed by atoms with Crippen molar-refractivity contribution in [2.75, 3.05) is 5.32 Å². The Balaban J connectivity index is 1.24. The van der Waals surface area contributed by atoms with Gasteiger partial charge in [-0.1, -0.05) is 164 Å². The first-order valence-corrected chi connectivity index (χ1v) is 15.2. The van der Waals surface area contributed by atoms with E-state index >= 15 is 0 Å². The van der Waals surface area contributed by atoms with E-state index in [1.165, 1.54) is 55.6 Å². The van der Waals surface area contributed by atoms with Gasteiger partial charge in [-0.05, 0) is 68.3 Å². The molecule has 1 aliphatic rings. The van der Waals surface area contributed by atoms with Crippen molar-refractivity contribution in [3.05, 3.63) is 204 Å². The van der Waals surface area contributed by atoms with Crippen LogP contribution in [-0.4, -0.2) is 0 Å². The second kappa shape index (κ2) is 10.9. The highest BCUT2D eigenvalue weighted by atomic mass is 14.9. The molecule has 44 heavy (non-hydrogen) atoms. The first kappa shape index (κ1) is 26.0. The molecule has 7 aromatic rings. The summed E-state index contributed by atoms with van der Waals surface area (Å²) >= 11 is 0. The predicted octanol–water partition coefficient (Wildman–Crippen LogP) is 11.1. The molecule has 1 heteroatoms. The molecule has 1 N–H and O–H groups in total. The maximum atomic E-state index is 3.81. The first-order chi connectivity index (χ1) is 21.8. The fourth-order valence-corrected chi connectivity index (χ4v) is 6.99. The number of benzene rings is 7. The van der Waals surface area contributed by atoms with Gasteiger partial charge in [0.1, 0.15) is 0 Å².